The molecule has 0 unspecified atom stereocenters. The van der Waals surface area contributed by atoms with E-state index in [1.807, 2.05) is 0 Å². The zero-order chi connectivity index (χ0) is 14.8. The number of hydrogen-bond donors (Lipinski definition) is 2. The van der Waals surface area contributed by atoms with Gasteiger partial charge in [-0.05, 0) is 12.8 Å². The second-order valence-electron chi connectivity index (χ2n) is 6.21. The van der Waals surface area contributed by atoms with Crippen molar-refractivity contribution in [2.75, 3.05) is 25.1 Å². The summed E-state index contributed by atoms with van der Waals surface area (Å²) in [6, 6.07) is 0. The quantitative estimate of drug-likeness (QED) is 0.881. The molecule has 0 saturated carbocycles. The van der Waals surface area contributed by atoms with Crippen LogP contribution in [0.25, 0.3) is 0 Å². The lowest BCUT2D eigenvalue weighted by Gasteiger charge is -2.34. The van der Waals surface area contributed by atoms with Crippen molar-refractivity contribution >= 4 is 34.8 Å². The van der Waals surface area contributed by atoms with Crippen molar-refractivity contribution in [3.05, 3.63) is 5.01 Å². The first-order chi connectivity index (χ1) is 9.37. The van der Waals surface area contributed by atoms with Gasteiger partial charge in [-0.2, -0.15) is 0 Å². The maximum atomic E-state index is 12.5. The number of nitrogens with zero attached hydrogens (tertiary/aromatic N) is 2. The molecule has 1 fully saturated rings. The molecule has 3 N–H and O–H groups in total. The number of rotatable bonds is 3. The first-order valence-electron chi connectivity index (χ1n) is 6.81. The Labute approximate surface area is 135 Å². The maximum Gasteiger partial charge on any atom is 0.233 e. The van der Waals surface area contributed by atoms with Gasteiger partial charge in [0.05, 0.1) is 5.41 Å². The Morgan fingerprint density at radius 3 is 2.48 bits per heavy atom. The van der Waals surface area contributed by atoms with Crippen molar-refractivity contribution < 1.29 is 9.53 Å². The van der Waals surface area contributed by atoms with Crippen molar-refractivity contribution in [1.29, 1.82) is 0 Å². The summed E-state index contributed by atoms with van der Waals surface area (Å²) in [5.41, 5.74) is 5.22. The summed E-state index contributed by atoms with van der Waals surface area (Å²) in [6.07, 6.45) is 1.31. The number of aromatic nitrogens is 2. The van der Waals surface area contributed by atoms with E-state index in [1.54, 1.807) is 0 Å². The number of carbonyl (C=O) groups is 1. The van der Waals surface area contributed by atoms with Gasteiger partial charge < -0.3 is 10.5 Å². The Morgan fingerprint density at radius 2 is 2.00 bits per heavy atom. The molecule has 0 aliphatic carbocycles. The number of carbonyl (C=O) groups excluding carboxylic acids is 1. The lowest BCUT2D eigenvalue weighted by Crippen LogP contribution is -2.46. The van der Waals surface area contributed by atoms with Crippen LogP contribution in [0.15, 0.2) is 0 Å². The first kappa shape index (κ1) is 18.3. The molecule has 1 aromatic rings. The summed E-state index contributed by atoms with van der Waals surface area (Å²) in [7, 11) is 0. The van der Waals surface area contributed by atoms with Crippen LogP contribution in [0.2, 0.25) is 0 Å². The van der Waals surface area contributed by atoms with Crippen LogP contribution in [0.4, 0.5) is 5.13 Å². The van der Waals surface area contributed by atoms with Gasteiger partial charge in [-0.25, -0.2) is 0 Å². The fourth-order valence-electron chi connectivity index (χ4n) is 2.09. The van der Waals surface area contributed by atoms with Crippen LogP contribution in [-0.4, -0.2) is 35.9 Å². The van der Waals surface area contributed by atoms with Crippen molar-refractivity contribution in [1.82, 2.24) is 10.2 Å². The summed E-state index contributed by atoms with van der Waals surface area (Å²) in [4.78, 5) is 12.5. The number of halogens is 1. The largest absolute Gasteiger partial charge is 0.381 e. The van der Waals surface area contributed by atoms with E-state index in [2.05, 4.69) is 36.3 Å². The van der Waals surface area contributed by atoms with Crippen LogP contribution < -0.4 is 11.1 Å². The summed E-state index contributed by atoms with van der Waals surface area (Å²) in [5.74, 6) is -0.0695. The number of ether oxygens (including phenoxy) is 1. The molecular weight excluding hydrogens is 312 g/mol. The zero-order valence-electron chi connectivity index (χ0n) is 12.6. The molecule has 1 saturated heterocycles. The minimum Gasteiger partial charge on any atom is -0.381 e. The summed E-state index contributed by atoms with van der Waals surface area (Å²) in [5, 5.41) is 12.5. The average molecular weight is 335 g/mol. The third-order valence-electron chi connectivity index (χ3n) is 3.61. The van der Waals surface area contributed by atoms with Gasteiger partial charge in [0, 0.05) is 25.2 Å². The SMILES string of the molecule is CC(C)(C)c1nnc(NC(=O)C2(CN)CCOCC2)s1.Cl. The highest BCUT2D eigenvalue weighted by molar-refractivity contribution is 7.15. The fourth-order valence-corrected chi connectivity index (χ4v) is 2.89. The molecule has 1 amide bonds. The molecule has 1 aliphatic rings. The molecule has 0 atom stereocenters. The van der Waals surface area contributed by atoms with E-state index in [0.29, 0.717) is 37.7 Å². The van der Waals surface area contributed by atoms with E-state index in [9.17, 15) is 4.79 Å². The van der Waals surface area contributed by atoms with Gasteiger partial charge >= 0.3 is 0 Å². The molecule has 0 aromatic carbocycles. The summed E-state index contributed by atoms with van der Waals surface area (Å²) >= 11 is 1.42. The van der Waals surface area contributed by atoms with Gasteiger partial charge in [-0.15, -0.1) is 22.6 Å². The Hall–Kier alpha value is -0.760. The van der Waals surface area contributed by atoms with Gasteiger partial charge in [0.25, 0.3) is 0 Å². The third kappa shape index (κ3) is 4.12. The second-order valence-corrected chi connectivity index (χ2v) is 7.19. The van der Waals surface area contributed by atoms with Gasteiger partial charge in [-0.1, -0.05) is 32.1 Å². The van der Waals surface area contributed by atoms with Crippen LogP contribution in [0.1, 0.15) is 38.6 Å². The fraction of sp³-hybridized carbons (Fsp3) is 0.769. The van der Waals surface area contributed by atoms with Crippen molar-refractivity contribution in [2.45, 2.75) is 39.0 Å². The van der Waals surface area contributed by atoms with Crippen molar-refractivity contribution in [2.24, 2.45) is 11.1 Å². The Kier molecular flexibility index (Phi) is 6.10. The number of amides is 1. The smallest absolute Gasteiger partial charge is 0.233 e. The van der Waals surface area contributed by atoms with E-state index >= 15 is 0 Å². The molecule has 2 heterocycles. The van der Waals surface area contributed by atoms with Crippen molar-refractivity contribution in [3.63, 3.8) is 0 Å². The zero-order valence-corrected chi connectivity index (χ0v) is 14.3. The van der Waals surface area contributed by atoms with Crippen LogP contribution in [0, 0.1) is 5.41 Å². The molecule has 1 aromatic heterocycles. The van der Waals surface area contributed by atoms with E-state index < -0.39 is 5.41 Å². The molecule has 0 bridgehead atoms. The van der Waals surface area contributed by atoms with Crippen LogP contribution in [0.5, 0.6) is 0 Å². The number of hydrogen-bond acceptors (Lipinski definition) is 6. The number of anilines is 1. The lowest BCUT2D eigenvalue weighted by atomic mass is 9.79. The highest BCUT2D eigenvalue weighted by Gasteiger charge is 2.39. The van der Waals surface area contributed by atoms with Crippen LogP contribution in [-0.2, 0) is 14.9 Å². The molecule has 0 radical (unpaired) electrons. The van der Waals surface area contributed by atoms with E-state index in [1.165, 1.54) is 11.3 Å². The summed E-state index contributed by atoms with van der Waals surface area (Å²) in [6.45, 7) is 7.69. The van der Waals surface area contributed by atoms with Gasteiger partial charge in [-0.3, -0.25) is 10.1 Å². The molecular formula is C13H23ClN4O2S. The van der Waals surface area contributed by atoms with E-state index in [0.717, 1.165) is 5.01 Å². The van der Waals surface area contributed by atoms with Crippen LogP contribution in [0.3, 0.4) is 0 Å². The minimum absolute atomic E-state index is 0. The van der Waals surface area contributed by atoms with Gasteiger partial charge in [0.2, 0.25) is 11.0 Å². The summed E-state index contributed by atoms with van der Waals surface area (Å²) < 4.78 is 5.31. The Balaban J connectivity index is 0.00000220. The maximum absolute atomic E-state index is 12.5. The molecule has 8 heteroatoms. The molecule has 1 aliphatic heterocycles. The van der Waals surface area contributed by atoms with Gasteiger partial charge in [0.1, 0.15) is 5.01 Å². The molecule has 21 heavy (non-hydrogen) atoms. The Bertz CT molecular complexity index is 481. The lowest BCUT2D eigenvalue weighted by molar-refractivity contribution is -0.130. The first-order valence-corrected chi connectivity index (χ1v) is 7.62. The topological polar surface area (TPSA) is 90.1 Å². The highest BCUT2D eigenvalue weighted by Crippen LogP contribution is 2.32. The van der Waals surface area contributed by atoms with E-state index in [-0.39, 0.29) is 23.7 Å². The van der Waals surface area contributed by atoms with Gasteiger partial charge in [0.15, 0.2) is 0 Å². The molecule has 0 spiro atoms. The predicted molar refractivity (Wildman–Crippen MR) is 86.0 cm³/mol. The number of nitrogens with two attached hydrogens (primary N) is 1. The normalized spacial score (nSPS) is 17.9. The predicted octanol–water partition coefficient (Wildman–Crippen LogP) is 1.95. The second kappa shape index (κ2) is 7.00. The van der Waals surface area contributed by atoms with E-state index in [4.69, 9.17) is 10.5 Å². The molecule has 120 valence electrons. The molecule has 2 rings (SSSR count). The van der Waals surface area contributed by atoms with Crippen molar-refractivity contribution in [3.8, 4) is 0 Å². The highest BCUT2D eigenvalue weighted by atomic mass is 35.5. The average Bonchev–Trinajstić information content (AvgIpc) is 2.88. The standard InChI is InChI=1S/C13H22N4O2S.ClH/c1-12(2,3)10-16-17-11(20-10)15-9(18)13(8-14)4-6-19-7-5-13;/h4-8,14H2,1-3H3,(H,15,17,18);1H. The number of nitrogens with one attached hydrogen (secondary N) is 1. The Morgan fingerprint density at radius 1 is 1.38 bits per heavy atom. The molecule has 6 nitrogen and oxygen atoms in total. The van der Waals surface area contributed by atoms with Crippen LogP contribution >= 0.6 is 23.7 Å². The monoisotopic (exact) mass is 334 g/mol. The third-order valence-corrected chi connectivity index (χ3v) is 4.87. The minimum atomic E-state index is -0.536.